The molecule has 0 saturated heterocycles. The van der Waals surface area contributed by atoms with Crippen LogP contribution in [0.3, 0.4) is 0 Å². The molecule has 2 rings (SSSR count). The second-order valence-corrected chi connectivity index (χ2v) is 5.96. The number of amides is 1. The molecule has 0 spiro atoms. The van der Waals surface area contributed by atoms with Crippen molar-refractivity contribution in [3.05, 3.63) is 28.7 Å². The molecule has 0 aromatic heterocycles. The smallest absolute Gasteiger partial charge is 0.227 e. The van der Waals surface area contributed by atoms with Gasteiger partial charge >= 0.3 is 0 Å². The van der Waals surface area contributed by atoms with Crippen LogP contribution in [0.5, 0.6) is 0 Å². The third-order valence-corrected chi connectivity index (χ3v) is 4.06. The summed E-state index contributed by atoms with van der Waals surface area (Å²) in [5.74, 6) is 0.388. The number of benzene rings is 1. The molecular weight excluding hydrogens is 290 g/mol. The van der Waals surface area contributed by atoms with Crippen LogP contribution in [-0.2, 0) is 4.79 Å². The van der Waals surface area contributed by atoms with Crippen LogP contribution in [-0.4, -0.2) is 5.91 Å². The number of carbonyl (C=O) groups excluding carboxylic acids is 1. The third-order valence-electron chi connectivity index (χ3n) is 3.57. The van der Waals surface area contributed by atoms with Crippen molar-refractivity contribution in [2.75, 3.05) is 5.32 Å². The maximum atomic E-state index is 12.2. The molecule has 1 N–H and O–H groups in total. The second-order valence-electron chi connectivity index (χ2n) is 5.04. The molecule has 1 aliphatic carbocycles. The predicted molar refractivity (Wildman–Crippen MR) is 78.6 cm³/mol. The van der Waals surface area contributed by atoms with E-state index in [1.165, 1.54) is 32.1 Å². The Kier molecular flexibility index (Phi) is 5.24. The SMILES string of the molecule is O=C(Nc1cccc(Br)c1)C1CCCCCCC1. The van der Waals surface area contributed by atoms with Crippen LogP contribution in [0.25, 0.3) is 0 Å². The molecular formula is C15H20BrNO. The largest absolute Gasteiger partial charge is 0.326 e. The van der Waals surface area contributed by atoms with E-state index in [2.05, 4.69) is 21.2 Å². The van der Waals surface area contributed by atoms with Crippen molar-refractivity contribution in [2.24, 2.45) is 5.92 Å². The van der Waals surface area contributed by atoms with Crippen molar-refractivity contribution in [3.63, 3.8) is 0 Å². The van der Waals surface area contributed by atoms with Gasteiger partial charge in [0.05, 0.1) is 0 Å². The van der Waals surface area contributed by atoms with Gasteiger partial charge in [0.25, 0.3) is 0 Å². The van der Waals surface area contributed by atoms with Gasteiger partial charge in [0.15, 0.2) is 0 Å². The molecule has 98 valence electrons. The van der Waals surface area contributed by atoms with E-state index < -0.39 is 0 Å². The van der Waals surface area contributed by atoms with Crippen molar-refractivity contribution in [1.82, 2.24) is 0 Å². The fourth-order valence-electron chi connectivity index (χ4n) is 2.53. The van der Waals surface area contributed by atoms with E-state index in [9.17, 15) is 4.79 Å². The van der Waals surface area contributed by atoms with Gasteiger partial charge in [-0.05, 0) is 31.0 Å². The Morgan fingerprint density at radius 1 is 1.11 bits per heavy atom. The highest BCUT2D eigenvalue weighted by atomic mass is 79.9. The Morgan fingerprint density at radius 2 is 1.78 bits per heavy atom. The number of carbonyl (C=O) groups is 1. The maximum Gasteiger partial charge on any atom is 0.227 e. The molecule has 3 heteroatoms. The molecule has 1 saturated carbocycles. The Hall–Kier alpha value is -0.830. The average Bonchev–Trinajstić information content (AvgIpc) is 2.28. The third kappa shape index (κ3) is 4.13. The van der Waals surface area contributed by atoms with E-state index in [0.29, 0.717) is 0 Å². The monoisotopic (exact) mass is 309 g/mol. The standard InChI is InChI=1S/C15H20BrNO/c16-13-9-6-10-14(11-13)17-15(18)12-7-4-2-1-3-5-8-12/h6,9-12H,1-5,7-8H2,(H,17,18). The van der Waals surface area contributed by atoms with E-state index in [-0.39, 0.29) is 11.8 Å². The normalized spacial score (nSPS) is 17.8. The fraction of sp³-hybridized carbons (Fsp3) is 0.533. The topological polar surface area (TPSA) is 29.1 Å². The number of rotatable bonds is 2. The number of hydrogen-bond donors (Lipinski definition) is 1. The Balaban J connectivity index is 1.93. The number of nitrogens with one attached hydrogen (secondary N) is 1. The van der Waals surface area contributed by atoms with E-state index in [4.69, 9.17) is 0 Å². The highest BCUT2D eigenvalue weighted by Crippen LogP contribution is 2.24. The molecule has 2 nitrogen and oxygen atoms in total. The van der Waals surface area contributed by atoms with Crippen molar-refractivity contribution >= 4 is 27.5 Å². The highest BCUT2D eigenvalue weighted by molar-refractivity contribution is 9.10. The van der Waals surface area contributed by atoms with Gasteiger partial charge in [0.1, 0.15) is 0 Å². The molecule has 0 atom stereocenters. The maximum absolute atomic E-state index is 12.2. The number of hydrogen-bond acceptors (Lipinski definition) is 1. The van der Waals surface area contributed by atoms with Gasteiger partial charge in [-0.2, -0.15) is 0 Å². The lowest BCUT2D eigenvalue weighted by molar-refractivity contribution is -0.120. The number of anilines is 1. The van der Waals surface area contributed by atoms with Crippen LogP contribution in [0, 0.1) is 5.92 Å². The molecule has 1 aromatic carbocycles. The minimum Gasteiger partial charge on any atom is -0.326 e. The summed E-state index contributed by atoms with van der Waals surface area (Å²) in [5.41, 5.74) is 0.886. The van der Waals surface area contributed by atoms with Crippen LogP contribution < -0.4 is 5.32 Å². The molecule has 0 radical (unpaired) electrons. The minimum absolute atomic E-state index is 0.190. The van der Waals surface area contributed by atoms with Gasteiger partial charge in [0, 0.05) is 16.1 Å². The zero-order chi connectivity index (χ0) is 12.8. The zero-order valence-electron chi connectivity index (χ0n) is 10.6. The molecule has 1 aromatic rings. The van der Waals surface area contributed by atoms with Crippen LogP contribution in [0.4, 0.5) is 5.69 Å². The van der Waals surface area contributed by atoms with Gasteiger partial charge in [-0.3, -0.25) is 4.79 Å². The van der Waals surface area contributed by atoms with Crippen molar-refractivity contribution in [2.45, 2.75) is 44.9 Å². The minimum atomic E-state index is 0.190. The van der Waals surface area contributed by atoms with Crippen molar-refractivity contribution < 1.29 is 4.79 Å². The molecule has 1 fully saturated rings. The van der Waals surface area contributed by atoms with Crippen molar-refractivity contribution in [1.29, 1.82) is 0 Å². The van der Waals surface area contributed by atoms with Crippen LogP contribution in [0.2, 0.25) is 0 Å². The average molecular weight is 310 g/mol. The lowest BCUT2D eigenvalue weighted by Crippen LogP contribution is -2.23. The summed E-state index contributed by atoms with van der Waals surface area (Å²) < 4.78 is 0.998. The van der Waals surface area contributed by atoms with Gasteiger partial charge in [-0.1, -0.05) is 54.1 Å². The first-order chi connectivity index (χ1) is 8.75. The van der Waals surface area contributed by atoms with Crippen LogP contribution >= 0.6 is 15.9 Å². The fourth-order valence-corrected chi connectivity index (χ4v) is 2.93. The van der Waals surface area contributed by atoms with E-state index >= 15 is 0 Å². The molecule has 0 unspecified atom stereocenters. The van der Waals surface area contributed by atoms with Gasteiger partial charge < -0.3 is 5.32 Å². The molecule has 0 aliphatic heterocycles. The summed E-state index contributed by atoms with van der Waals surface area (Å²) >= 11 is 3.42. The Labute approximate surface area is 117 Å². The van der Waals surface area contributed by atoms with Gasteiger partial charge in [0.2, 0.25) is 5.91 Å². The first kappa shape index (κ1) is 13.6. The zero-order valence-corrected chi connectivity index (χ0v) is 12.2. The van der Waals surface area contributed by atoms with Crippen LogP contribution in [0.1, 0.15) is 44.9 Å². The summed E-state index contributed by atoms with van der Waals surface area (Å²) in [6, 6.07) is 7.79. The van der Waals surface area contributed by atoms with Gasteiger partial charge in [-0.25, -0.2) is 0 Å². The first-order valence-corrected chi connectivity index (χ1v) is 7.61. The number of halogens is 1. The summed E-state index contributed by atoms with van der Waals surface area (Å²) in [5, 5.41) is 3.03. The first-order valence-electron chi connectivity index (χ1n) is 6.82. The molecule has 18 heavy (non-hydrogen) atoms. The lowest BCUT2D eigenvalue weighted by Gasteiger charge is -2.19. The van der Waals surface area contributed by atoms with Crippen LogP contribution in [0.15, 0.2) is 28.7 Å². The van der Waals surface area contributed by atoms with E-state index in [1.807, 2.05) is 24.3 Å². The molecule has 0 bridgehead atoms. The van der Waals surface area contributed by atoms with Crippen molar-refractivity contribution in [3.8, 4) is 0 Å². The lowest BCUT2D eigenvalue weighted by atomic mass is 9.90. The van der Waals surface area contributed by atoms with Gasteiger partial charge in [-0.15, -0.1) is 0 Å². The quantitative estimate of drug-likeness (QED) is 0.839. The molecule has 1 amide bonds. The predicted octanol–water partition coefficient (Wildman–Crippen LogP) is 4.75. The summed E-state index contributed by atoms with van der Waals surface area (Å²) in [6.45, 7) is 0. The summed E-state index contributed by atoms with van der Waals surface area (Å²) in [7, 11) is 0. The summed E-state index contributed by atoms with van der Waals surface area (Å²) in [6.07, 6.45) is 8.36. The molecule has 1 aliphatic rings. The van der Waals surface area contributed by atoms with E-state index in [0.717, 1.165) is 23.0 Å². The highest BCUT2D eigenvalue weighted by Gasteiger charge is 2.19. The van der Waals surface area contributed by atoms with E-state index in [1.54, 1.807) is 0 Å². The Bertz CT molecular complexity index is 397. The molecule has 0 heterocycles. The Morgan fingerprint density at radius 3 is 2.44 bits per heavy atom. The summed E-state index contributed by atoms with van der Waals surface area (Å²) in [4.78, 5) is 12.2. The second kappa shape index (κ2) is 6.93.